The van der Waals surface area contributed by atoms with Crippen LogP contribution in [0.25, 0.3) is 0 Å². The van der Waals surface area contributed by atoms with Gasteiger partial charge in [0.1, 0.15) is 11.9 Å². The van der Waals surface area contributed by atoms with Gasteiger partial charge in [-0.05, 0) is 60.7 Å². The van der Waals surface area contributed by atoms with Gasteiger partial charge in [0.15, 0.2) is 0 Å². The van der Waals surface area contributed by atoms with Gasteiger partial charge in [-0.2, -0.15) is 0 Å². The molecule has 1 aliphatic heterocycles. The Morgan fingerprint density at radius 1 is 1.14 bits per heavy atom. The molecule has 0 aliphatic carbocycles. The van der Waals surface area contributed by atoms with Crippen LogP contribution < -0.4 is 15.6 Å². The number of hydrazine groups is 1. The molecule has 2 aromatic rings. The molecule has 0 aromatic heterocycles. The number of rotatable bonds is 5. The molecule has 3 rings (SSSR count). The van der Waals surface area contributed by atoms with Crippen molar-refractivity contribution in [1.29, 1.82) is 0 Å². The van der Waals surface area contributed by atoms with Crippen LogP contribution in [0.1, 0.15) is 16.8 Å². The van der Waals surface area contributed by atoms with Gasteiger partial charge in [-0.1, -0.05) is 11.6 Å². The summed E-state index contributed by atoms with van der Waals surface area (Å²) in [4.78, 5) is 38.7. The average molecular weight is 435 g/mol. The maximum Gasteiger partial charge on any atom is 0.269 e. The molecule has 0 saturated carbocycles. The SMILES string of the molecule is CNC(=O)CC1C(=O)N(c2ccc(F)cc2)C(=S)N1NC(=O)c1ccc(Cl)cc1. The quantitative estimate of drug-likeness (QED) is 0.705. The van der Waals surface area contributed by atoms with Crippen LogP contribution >= 0.6 is 23.8 Å². The average Bonchev–Trinajstić information content (AvgIpc) is 2.93. The van der Waals surface area contributed by atoms with E-state index in [1.807, 2.05) is 0 Å². The van der Waals surface area contributed by atoms with Gasteiger partial charge in [0.2, 0.25) is 11.0 Å². The van der Waals surface area contributed by atoms with Crippen molar-refractivity contribution in [2.45, 2.75) is 12.5 Å². The highest BCUT2D eigenvalue weighted by Crippen LogP contribution is 2.26. The third-order valence-electron chi connectivity index (χ3n) is 4.29. The normalized spacial score (nSPS) is 16.2. The van der Waals surface area contributed by atoms with E-state index in [2.05, 4.69) is 10.7 Å². The van der Waals surface area contributed by atoms with Crippen LogP contribution in [0.15, 0.2) is 48.5 Å². The number of carbonyl (C=O) groups is 3. The van der Waals surface area contributed by atoms with Crippen LogP contribution in [0.5, 0.6) is 0 Å². The fourth-order valence-corrected chi connectivity index (χ4v) is 3.27. The second kappa shape index (κ2) is 8.54. The van der Waals surface area contributed by atoms with Gasteiger partial charge in [0, 0.05) is 17.6 Å². The zero-order valence-electron chi connectivity index (χ0n) is 15.2. The molecule has 1 fully saturated rings. The highest BCUT2D eigenvalue weighted by atomic mass is 35.5. The predicted molar refractivity (Wildman–Crippen MR) is 110 cm³/mol. The molecule has 2 N–H and O–H groups in total. The molecule has 1 heterocycles. The number of carbonyl (C=O) groups excluding carboxylic acids is 3. The molecule has 0 spiro atoms. The summed E-state index contributed by atoms with van der Waals surface area (Å²) in [6.45, 7) is 0. The van der Waals surface area contributed by atoms with E-state index < -0.39 is 29.6 Å². The number of hydrogen-bond donors (Lipinski definition) is 2. The Bertz CT molecular complexity index is 968. The Morgan fingerprint density at radius 2 is 1.76 bits per heavy atom. The zero-order chi connectivity index (χ0) is 21.1. The molecule has 0 bridgehead atoms. The van der Waals surface area contributed by atoms with E-state index in [1.165, 1.54) is 48.5 Å². The maximum absolute atomic E-state index is 13.3. The first-order valence-electron chi connectivity index (χ1n) is 8.51. The fourth-order valence-electron chi connectivity index (χ4n) is 2.78. The van der Waals surface area contributed by atoms with Gasteiger partial charge in [-0.25, -0.2) is 9.40 Å². The lowest BCUT2D eigenvalue weighted by molar-refractivity contribution is -0.127. The number of benzene rings is 2. The lowest BCUT2D eigenvalue weighted by atomic mass is 10.2. The first-order chi connectivity index (χ1) is 13.8. The highest BCUT2D eigenvalue weighted by molar-refractivity contribution is 7.80. The highest BCUT2D eigenvalue weighted by Gasteiger charge is 2.45. The summed E-state index contributed by atoms with van der Waals surface area (Å²) in [7, 11) is 1.44. The summed E-state index contributed by atoms with van der Waals surface area (Å²) in [6.07, 6.45) is -0.228. The monoisotopic (exact) mass is 434 g/mol. The number of amides is 3. The Balaban J connectivity index is 1.90. The van der Waals surface area contributed by atoms with E-state index in [4.69, 9.17) is 23.8 Å². The van der Waals surface area contributed by atoms with Crippen molar-refractivity contribution in [3.05, 3.63) is 64.9 Å². The molecular formula is C19H16ClFN4O3S. The summed E-state index contributed by atoms with van der Waals surface area (Å²) in [5.41, 5.74) is 3.20. The first-order valence-corrected chi connectivity index (χ1v) is 9.30. The van der Waals surface area contributed by atoms with E-state index in [0.717, 1.165) is 4.90 Å². The van der Waals surface area contributed by atoms with Gasteiger partial charge in [0.05, 0.1) is 12.1 Å². The molecule has 7 nitrogen and oxygen atoms in total. The van der Waals surface area contributed by atoms with Crippen LogP contribution in [0.2, 0.25) is 5.02 Å². The first kappa shape index (κ1) is 20.7. The van der Waals surface area contributed by atoms with Gasteiger partial charge < -0.3 is 5.32 Å². The van der Waals surface area contributed by atoms with Crippen molar-refractivity contribution in [3.8, 4) is 0 Å². The fraction of sp³-hybridized carbons (Fsp3) is 0.158. The van der Waals surface area contributed by atoms with Gasteiger partial charge in [-0.15, -0.1) is 0 Å². The van der Waals surface area contributed by atoms with Crippen molar-refractivity contribution in [2.75, 3.05) is 11.9 Å². The van der Waals surface area contributed by atoms with Crippen molar-refractivity contribution >= 4 is 52.3 Å². The van der Waals surface area contributed by atoms with Crippen molar-refractivity contribution in [2.24, 2.45) is 0 Å². The number of nitrogens with one attached hydrogen (secondary N) is 2. The topological polar surface area (TPSA) is 81.8 Å². The summed E-state index contributed by atoms with van der Waals surface area (Å²) in [6, 6.07) is 10.2. The van der Waals surface area contributed by atoms with Crippen molar-refractivity contribution in [3.63, 3.8) is 0 Å². The van der Waals surface area contributed by atoms with Crippen LogP contribution in [-0.4, -0.2) is 40.9 Å². The minimum absolute atomic E-state index is 0.0298. The lowest BCUT2D eigenvalue weighted by Crippen LogP contribution is -2.50. The largest absolute Gasteiger partial charge is 0.359 e. The molecule has 1 unspecified atom stereocenters. The van der Waals surface area contributed by atoms with Crippen LogP contribution in [-0.2, 0) is 9.59 Å². The number of thiocarbonyl (C=S) groups is 1. The van der Waals surface area contributed by atoms with Gasteiger partial charge in [-0.3, -0.25) is 24.7 Å². The van der Waals surface area contributed by atoms with Crippen LogP contribution in [0.3, 0.4) is 0 Å². The number of halogens is 2. The third kappa shape index (κ3) is 4.36. The molecule has 29 heavy (non-hydrogen) atoms. The van der Waals surface area contributed by atoms with Crippen LogP contribution in [0, 0.1) is 5.82 Å². The van der Waals surface area contributed by atoms with E-state index in [1.54, 1.807) is 12.1 Å². The van der Waals surface area contributed by atoms with Gasteiger partial charge >= 0.3 is 0 Å². The second-order valence-corrected chi connectivity index (χ2v) is 6.95. The summed E-state index contributed by atoms with van der Waals surface area (Å²) < 4.78 is 13.3. The number of anilines is 1. The Labute approximate surface area is 176 Å². The Hall–Kier alpha value is -3.04. The van der Waals surface area contributed by atoms with E-state index in [-0.39, 0.29) is 11.5 Å². The molecule has 1 saturated heterocycles. The zero-order valence-corrected chi connectivity index (χ0v) is 16.8. The molecule has 1 atom stereocenters. The standard InChI is InChI=1S/C19H16ClFN4O3S/c1-22-16(26)10-15-18(28)24(14-8-6-13(21)7-9-14)19(29)25(15)23-17(27)11-2-4-12(20)5-3-11/h2-9,15H,10H2,1H3,(H,22,26)(H,23,27). The molecule has 10 heteroatoms. The summed E-state index contributed by atoms with van der Waals surface area (Å²) in [5, 5.41) is 4.05. The Morgan fingerprint density at radius 3 is 2.34 bits per heavy atom. The summed E-state index contributed by atoms with van der Waals surface area (Å²) >= 11 is 11.2. The van der Waals surface area contributed by atoms with E-state index >= 15 is 0 Å². The third-order valence-corrected chi connectivity index (χ3v) is 4.92. The van der Waals surface area contributed by atoms with E-state index in [9.17, 15) is 18.8 Å². The number of nitrogens with zero attached hydrogens (tertiary/aromatic N) is 2. The molecular weight excluding hydrogens is 419 g/mol. The maximum atomic E-state index is 13.3. The predicted octanol–water partition coefficient (Wildman–Crippen LogP) is 2.26. The second-order valence-electron chi connectivity index (χ2n) is 6.14. The minimum Gasteiger partial charge on any atom is -0.359 e. The lowest BCUT2D eigenvalue weighted by Gasteiger charge is -2.24. The minimum atomic E-state index is -1.05. The molecule has 150 valence electrons. The van der Waals surface area contributed by atoms with Gasteiger partial charge in [0.25, 0.3) is 11.8 Å². The molecule has 3 amide bonds. The van der Waals surface area contributed by atoms with Crippen molar-refractivity contribution < 1.29 is 18.8 Å². The molecule has 1 aliphatic rings. The number of hydrogen-bond acceptors (Lipinski definition) is 4. The molecule has 0 radical (unpaired) electrons. The Kier molecular flexibility index (Phi) is 6.09. The molecule has 2 aromatic carbocycles. The van der Waals surface area contributed by atoms with Crippen LogP contribution in [0.4, 0.5) is 10.1 Å². The van der Waals surface area contributed by atoms with E-state index in [0.29, 0.717) is 16.3 Å². The van der Waals surface area contributed by atoms with Crippen molar-refractivity contribution in [1.82, 2.24) is 15.8 Å². The smallest absolute Gasteiger partial charge is 0.269 e. The summed E-state index contributed by atoms with van der Waals surface area (Å²) in [5.74, 6) is -1.92.